The van der Waals surface area contributed by atoms with Gasteiger partial charge in [0.15, 0.2) is 0 Å². The highest BCUT2D eigenvalue weighted by Gasteiger charge is 2.32. The molecule has 2 aromatic carbocycles. The fourth-order valence-electron chi connectivity index (χ4n) is 2.22. The summed E-state index contributed by atoms with van der Waals surface area (Å²) in [5.74, 6) is -0.254. The molecule has 0 aromatic heterocycles. The Kier molecular flexibility index (Phi) is 5.09. The number of hydrogen-bond acceptors (Lipinski definition) is 2. The summed E-state index contributed by atoms with van der Waals surface area (Å²) in [6.07, 6.45) is 0.207. The summed E-state index contributed by atoms with van der Waals surface area (Å²) >= 11 is 12.1. The molecule has 1 N–H and O–H groups in total. The van der Waals surface area contributed by atoms with Crippen LogP contribution in [0, 0.1) is 5.82 Å². The summed E-state index contributed by atoms with van der Waals surface area (Å²) in [6.45, 7) is 0. The number of hydrogen-bond donors (Lipinski definition) is 1. The van der Waals surface area contributed by atoms with Gasteiger partial charge in [0.2, 0.25) is 0 Å². The molecule has 21 heavy (non-hydrogen) atoms. The molecule has 0 aliphatic heterocycles. The molecule has 0 bridgehead atoms. The predicted octanol–water partition coefficient (Wildman–Crippen LogP) is 4.16. The van der Waals surface area contributed by atoms with Crippen LogP contribution in [-0.2, 0) is 12.0 Å². The average Bonchev–Trinajstić information content (AvgIpc) is 2.49. The van der Waals surface area contributed by atoms with E-state index in [0.717, 1.165) is 5.56 Å². The zero-order chi connectivity index (χ0) is 15.5. The minimum atomic E-state index is -1.40. The lowest BCUT2D eigenvalue weighted by Crippen LogP contribution is -2.31. The number of rotatable bonds is 5. The molecule has 112 valence electrons. The van der Waals surface area contributed by atoms with Crippen LogP contribution < -0.4 is 4.74 Å². The second kappa shape index (κ2) is 6.65. The van der Waals surface area contributed by atoms with Crippen molar-refractivity contribution in [3.05, 3.63) is 64.4 Å². The maximum Gasteiger partial charge on any atom is 0.127 e. The SMILES string of the molecule is COc1cc(F)ccc1C(O)(CCl)Cc1ccccc1Cl. The summed E-state index contributed by atoms with van der Waals surface area (Å²) in [5.41, 5.74) is -0.207. The molecule has 0 fully saturated rings. The van der Waals surface area contributed by atoms with Gasteiger partial charge in [-0.05, 0) is 23.8 Å². The van der Waals surface area contributed by atoms with Crippen LogP contribution in [0.5, 0.6) is 5.75 Å². The van der Waals surface area contributed by atoms with E-state index in [1.54, 1.807) is 6.07 Å². The molecule has 0 saturated carbocycles. The van der Waals surface area contributed by atoms with Gasteiger partial charge < -0.3 is 9.84 Å². The molecule has 0 radical (unpaired) electrons. The summed E-state index contributed by atoms with van der Waals surface area (Å²) in [5, 5.41) is 11.4. The van der Waals surface area contributed by atoms with Gasteiger partial charge in [0.1, 0.15) is 17.2 Å². The highest BCUT2D eigenvalue weighted by atomic mass is 35.5. The zero-order valence-electron chi connectivity index (χ0n) is 11.4. The molecule has 0 aliphatic rings. The number of ether oxygens (including phenoxy) is 1. The number of alkyl halides is 1. The highest BCUT2D eigenvalue weighted by molar-refractivity contribution is 6.31. The Hall–Kier alpha value is -1.29. The van der Waals surface area contributed by atoms with Crippen molar-refractivity contribution in [2.45, 2.75) is 12.0 Å². The Labute approximate surface area is 133 Å². The maximum atomic E-state index is 13.3. The lowest BCUT2D eigenvalue weighted by atomic mass is 9.88. The van der Waals surface area contributed by atoms with E-state index in [2.05, 4.69) is 0 Å². The predicted molar refractivity (Wildman–Crippen MR) is 82.7 cm³/mol. The van der Waals surface area contributed by atoms with Gasteiger partial charge in [-0.3, -0.25) is 0 Å². The number of aliphatic hydroxyl groups is 1. The average molecular weight is 329 g/mol. The van der Waals surface area contributed by atoms with Gasteiger partial charge in [0.05, 0.1) is 13.0 Å². The van der Waals surface area contributed by atoms with Crippen LogP contribution in [0.25, 0.3) is 0 Å². The monoisotopic (exact) mass is 328 g/mol. The number of benzene rings is 2. The second-order valence-electron chi connectivity index (χ2n) is 4.78. The van der Waals surface area contributed by atoms with Gasteiger partial charge in [0, 0.05) is 23.1 Å². The molecular weight excluding hydrogens is 314 g/mol. The first kappa shape index (κ1) is 16.1. The Balaban J connectivity index is 2.44. The molecule has 1 unspecified atom stereocenters. The van der Waals surface area contributed by atoms with Crippen LogP contribution in [0.2, 0.25) is 5.02 Å². The van der Waals surface area contributed by atoms with E-state index in [-0.39, 0.29) is 18.1 Å². The fraction of sp³-hybridized carbons (Fsp3) is 0.250. The van der Waals surface area contributed by atoms with Crippen molar-refractivity contribution < 1.29 is 14.2 Å². The first-order chi connectivity index (χ1) is 10.00. The summed E-state index contributed by atoms with van der Waals surface area (Å²) < 4.78 is 18.5. The van der Waals surface area contributed by atoms with E-state index in [9.17, 15) is 9.50 Å². The van der Waals surface area contributed by atoms with E-state index in [0.29, 0.717) is 10.6 Å². The smallest absolute Gasteiger partial charge is 0.127 e. The lowest BCUT2D eigenvalue weighted by molar-refractivity contribution is 0.0586. The van der Waals surface area contributed by atoms with Crippen molar-refractivity contribution in [3.8, 4) is 5.75 Å². The third kappa shape index (κ3) is 3.49. The van der Waals surface area contributed by atoms with E-state index < -0.39 is 11.4 Å². The van der Waals surface area contributed by atoms with Gasteiger partial charge in [-0.2, -0.15) is 0 Å². The van der Waals surface area contributed by atoms with Crippen molar-refractivity contribution in [3.63, 3.8) is 0 Å². The van der Waals surface area contributed by atoms with Crippen LogP contribution in [0.1, 0.15) is 11.1 Å². The third-order valence-corrected chi connectivity index (χ3v) is 4.14. The van der Waals surface area contributed by atoms with Crippen LogP contribution >= 0.6 is 23.2 Å². The topological polar surface area (TPSA) is 29.5 Å². The Morgan fingerprint density at radius 3 is 2.57 bits per heavy atom. The van der Waals surface area contributed by atoms with Crippen molar-refractivity contribution in [2.24, 2.45) is 0 Å². The highest BCUT2D eigenvalue weighted by Crippen LogP contribution is 2.35. The van der Waals surface area contributed by atoms with Crippen molar-refractivity contribution in [2.75, 3.05) is 13.0 Å². The van der Waals surface area contributed by atoms with Gasteiger partial charge in [-0.15, -0.1) is 11.6 Å². The number of halogens is 3. The lowest BCUT2D eigenvalue weighted by Gasteiger charge is -2.28. The minimum absolute atomic E-state index is 0.0692. The maximum absolute atomic E-state index is 13.3. The summed E-state index contributed by atoms with van der Waals surface area (Å²) in [4.78, 5) is 0. The van der Waals surface area contributed by atoms with Gasteiger partial charge in [-0.25, -0.2) is 4.39 Å². The normalized spacial score (nSPS) is 13.8. The minimum Gasteiger partial charge on any atom is -0.496 e. The van der Waals surface area contributed by atoms with Gasteiger partial charge >= 0.3 is 0 Å². The standard InChI is InChI=1S/C16H15Cl2FO2/c1-21-15-8-12(19)6-7-13(15)16(20,10-17)9-11-4-2-3-5-14(11)18/h2-8,20H,9-10H2,1H3. The molecule has 0 heterocycles. The van der Waals surface area contributed by atoms with E-state index in [4.69, 9.17) is 27.9 Å². The quantitative estimate of drug-likeness (QED) is 0.835. The van der Waals surface area contributed by atoms with Crippen molar-refractivity contribution in [1.82, 2.24) is 0 Å². The van der Waals surface area contributed by atoms with E-state index in [1.165, 1.54) is 25.3 Å². The van der Waals surface area contributed by atoms with Gasteiger partial charge in [0.25, 0.3) is 0 Å². The third-order valence-electron chi connectivity index (χ3n) is 3.33. The van der Waals surface area contributed by atoms with Crippen molar-refractivity contribution >= 4 is 23.2 Å². The summed E-state index contributed by atoms with van der Waals surface area (Å²) in [6, 6.07) is 11.2. The molecule has 1 atom stereocenters. The molecule has 0 spiro atoms. The first-order valence-electron chi connectivity index (χ1n) is 6.36. The van der Waals surface area contributed by atoms with Gasteiger partial charge in [-0.1, -0.05) is 29.8 Å². The zero-order valence-corrected chi connectivity index (χ0v) is 13.0. The molecule has 0 amide bonds. The number of methoxy groups -OCH3 is 1. The Morgan fingerprint density at radius 2 is 1.95 bits per heavy atom. The van der Waals surface area contributed by atoms with Crippen molar-refractivity contribution in [1.29, 1.82) is 0 Å². The Bertz CT molecular complexity index is 633. The van der Waals surface area contributed by atoms with Crippen LogP contribution in [0.4, 0.5) is 4.39 Å². The molecule has 0 aliphatic carbocycles. The molecule has 2 rings (SSSR count). The van der Waals surface area contributed by atoms with Crippen LogP contribution in [0.15, 0.2) is 42.5 Å². The van der Waals surface area contributed by atoms with E-state index in [1.807, 2.05) is 18.2 Å². The summed E-state index contributed by atoms with van der Waals surface area (Å²) in [7, 11) is 1.42. The molecule has 2 aromatic rings. The Morgan fingerprint density at radius 1 is 1.24 bits per heavy atom. The van der Waals surface area contributed by atoms with Crippen LogP contribution in [0.3, 0.4) is 0 Å². The molecule has 2 nitrogen and oxygen atoms in total. The second-order valence-corrected chi connectivity index (χ2v) is 5.45. The van der Waals surface area contributed by atoms with E-state index >= 15 is 0 Å². The van der Waals surface area contributed by atoms with Crippen LogP contribution in [-0.4, -0.2) is 18.1 Å². The first-order valence-corrected chi connectivity index (χ1v) is 7.27. The molecule has 0 saturated heterocycles. The largest absolute Gasteiger partial charge is 0.496 e. The molecular formula is C16H15Cl2FO2. The molecule has 5 heteroatoms. The fourth-order valence-corrected chi connectivity index (χ4v) is 2.66.